The number of rotatable bonds is 4. The Bertz CT molecular complexity index is 164. The second kappa shape index (κ2) is 5.58. The second-order valence-electron chi connectivity index (χ2n) is 3.31. The van der Waals surface area contributed by atoms with Gasteiger partial charge in [-0.25, -0.2) is 0 Å². The highest BCUT2D eigenvalue weighted by molar-refractivity contribution is 6.64. The summed E-state index contributed by atoms with van der Waals surface area (Å²) in [7, 11) is 0. The maximum Gasteiger partial charge on any atom is 0.278 e. The predicted molar refractivity (Wildman–Crippen MR) is 49.6 cm³/mol. The van der Waals surface area contributed by atoms with E-state index in [1.165, 1.54) is 12.8 Å². The fourth-order valence-corrected chi connectivity index (χ4v) is 1.46. The topological polar surface area (TPSA) is 35.5 Å². The number of carbonyl (C=O) groups is 1. The molecule has 0 aliphatic carbocycles. The molecule has 0 saturated carbocycles. The third-order valence-electron chi connectivity index (χ3n) is 2.12. The molecule has 0 aromatic rings. The normalized spacial score (nSPS) is 28.8. The Morgan fingerprint density at radius 1 is 1.46 bits per heavy atom. The highest BCUT2D eigenvalue weighted by Crippen LogP contribution is 2.17. The van der Waals surface area contributed by atoms with E-state index in [1.54, 1.807) is 0 Å². The van der Waals surface area contributed by atoms with E-state index in [0.29, 0.717) is 19.1 Å². The van der Waals surface area contributed by atoms with Gasteiger partial charge >= 0.3 is 0 Å². The van der Waals surface area contributed by atoms with Crippen molar-refractivity contribution in [1.29, 1.82) is 0 Å². The van der Waals surface area contributed by atoms with Gasteiger partial charge in [-0.15, -0.1) is 0 Å². The molecule has 1 rings (SSSR count). The molecule has 0 bridgehead atoms. The first-order valence-corrected chi connectivity index (χ1v) is 5.04. The van der Waals surface area contributed by atoms with Gasteiger partial charge in [0.15, 0.2) is 0 Å². The van der Waals surface area contributed by atoms with Crippen molar-refractivity contribution in [2.45, 2.75) is 32.5 Å². The standard InChI is InChI=1S/C9H15ClO3/c1-2-3-4-7-5-12-9(8(10)11)13-6-7/h7,9H,2-6H2,1H3. The van der Waals surface area contributed by atoms with Crippen molar-refractivity contribution in [3.05, 3.63) is 0 Å². The van der Waals surface area contributed by atoms with Gasteiger partial charge in [0.05, 0.1) is 13.2 Å². The number of carbonyl (C=O) groups excluding carboxylic acids is 1. The largest absolute Gasteiger partial charge is 0.345 e. The Kier molecular flexibility index (Phi) is 4.70. The Morgan fingerprint density at radius 3 is 2.54 bits per heavy atom. The zero-order chi connectivity index (χ0) is 9.68. The molecule has 0 amide bonds. The summed E-state index contributed by atoms with van der Waals surface area (Å²) in [6, 6.07) is 0. The van der Waals surface area contributed by atoms with Gasteiger partial charge in [-0.3, -0.25) is 4.79 Å². The van der Waals surface area contributed by atoms with Gasteiger partial charge in [0, 0.05) is 5.92 Å². The lowest BCUT2D eigenvalue weighted by molar-refractivity contribution is -0.197. The summed E-state index contributed by atoms with van der Waals surface area (Å²) >= 11 is 5.22. The summed E-state index contributed by atoms with van der Waals surface area (Å²) in [5.74, 6) is 0.423. The first kappa shape index (κ1) is 11.0. The van der Waals surface area contributed by atoms with Crippen LogP contribution in [-0.2, 0) is 14.3 Å². The highest BCUT2D eigenvalue weighted by atomic mass is 35.5. The lowest BCUT2D eigenvalue weighted by Crippen LogP contribution is -2.35. The lowest BCUT2D eigenvalue weighted by Gasteiger charge is -2.27. The van der Waals surface area contributed by atoms with Gasteiger partial charge in [-0.05, 0) is 18.0 Å². The lowest BCUT2D eigenvalue weighted by atomic mass is 10.0. The van der Waals surface area contributed by atoms with Gasteiger partial charge in [0.25, 0.3) is 5.24 Å². The van der Waals surface area contributed by atoms with Crippen molar-refractivity contribution in [1.82, 2.24) is 0 Å². The summed E-state index contributed by atoms with van der Waals surface area (Å²) < 4.78 is 10.3. The Hall–Kier alpha value is -0.120. The van der Waals surface area contributed by atoms with Crippen LogP contribution in [0.15, 0.2) is 0 Å². The van der Waals surface area contributed by atoms with E-state index >= 15 is 0 Å². The van der Waals surface area contributed by atoms with Gasteiger partial charge in [0.1, 0.15) is 0 Å². The van der Waals surface area contributed by atoms with Crippen molar-refractivity contribution >= 4 is 16.8 Å². The number of hydrogen-bond acceptors (Lipinski definition) is 3. The van der Waals surface area contributed by atoms with Gasteiger partial charge in [-0.2, -0.15) is 0 Å². The second-order valence-corrected chi connectivity index (χ2v) is 3.68. The third-order valence-corrected chi connectivity index (χ3v) is 2.30. The molecule has 13 heavy (non-hydrogen) atoms. The molecule has 1 saturated heterocycles. The predicted octanol–water partition coefficient (Wildman–Crippen LogP) is 1.93. The molecule has 0 unspecified atom stereocenters. The molecule has 4 heteroatoms. The maximum absolute atomic E-state index is 10.6. The molecule has 0 N–H and O–H groups in total. The van der Waals surface area contributed by atoms with Crippen LogP contribution in [0.4, 0.5) is 0 Å². The minimum atomic E-state index is -0.834. The van der Waals surface area contributed by atoms with E-state index < -0.39 is 11.5 Å². The molecule has 3 nitrogen and oxygen atoms in total. The van der Waals surface area contributed by atoms with Crippen molar-refractivity contribution in [2.75, 3.05) is 13.2 Å². The number of unbranched alkanes of at least 4 members (excludes halogenated alkanes) is 1. The van der Waals surface area contributed by atoms with Crippen molar-refractivity contribution in [3.63, 3.8) is 0 Å². The molecule has 0 radical (unpaired) electrons. The van der Waals surface area contributed by atoms with Gasteiger partial charge in [-0.1, -0.05) is 19.8 Å². The van der Waals surface area contributed by atoms with Crippen LogP contribution in [0.25, 0.3) is 0 Å². The maximum atomic E-state index is 10.6. The van der Waals surface area contributed by atoms with Crippen LogP contribution in [0, 0.1) is 5.92 Å². The van der Waals surface area contributed by atoms with E-state index in [4.69, 9.17) is 21.1 Å². The minimum Gasteiger partial charge on any atom is -0.345 e. The van der Waals surface area contributed by atoms with E-state index in [0.717, 1.165) is 6.42 Å². The molecular formula is C9H15ClO3. The van der Waals surface area contributed by atoms with Crippen LogP contribution in [-0.4, -0.2) is 24.7 Å². The molecule has 0 aromatic carbocycles. The molecule has 1 aliphatic rings. The van der Waals surface area contributed by atoms with E-state index in [9.17, 15) is 4.79 Å². The summed E-state index contributed by atoms with van der Waals surface area (Å²) in [6.45, 7) is 3.32. The summed E-state index contributed by atoms with van der Waals surface area (Å²) in [6.07, 6.45) is 2.62. The summed E-state index contributed by atoms with van der Waals surface area (Å²) in [4.78, 5) is 10.6. The Labute approximate surface area is 83.3 Å². The SMILES string of the molecule is CCCCC1COC(C(=O)Cl)OC1. The van der Waals surface area contributed by atoms with Crippen molar-refractivity contribution in [3.8, 4) is 0 Å². The van der Waals surface area contributed by atoms with Crippen LogP contribution >= 0.6 is 11.6 Å². The minimum absolute atomic E-state index is 0.423. The van der Waals surface area contributed by atoms with Crippen LogP contribution in [0.2, 0.25) is 0 Å². The molecular weight excluding hydrogens is 192 g/mol. The smallest absolute Gasteiger partial charge is 0.278 e. The number of halogens is 1. The first-order valence-electron chi connectivity index (χ1n) is 4.66. The van der Waals surface area contributed by atoms with Gasteiger partial charge < -0.3 is 9.47 Å². The average Bonchev–Trinajstić information content (AvgIpc) is 2.15. The monoisotopic (exact) mass is 206 g/mol. The number of ether oxygens (including phenoxy) is 2. The quantitative estimate of drug-likeness (QED) is 0.660. The zero-order valence-electron chi connectivity index (χ0n) is 7.79. The fraction of sp³-hybridized carbons (Fsp3) is 0.889. The molecule has 1 aliphatic heterocycles. The van der Waals surface area contributed by atoms with Crippen LogP contribution in [0.1, 0.15) is 26.2 Å². The molecule has 0 aromatic heterocycles. The molecule has 76 valence electrons. The molecule has 1 heterocycles. The number of hydrogen-bond donors (Lipinski definition) is 0. The van der Waals surface area contributed by atoms with Crippen LogP contribution in [0.3, 0.4) is 0 Å². The van der Waals surface area contributed by atoms with E-state index in [-0.39, 0.29) is 0 Å². The summed E-state index contributed by atoms with van der Waals surface area (Å²) in [5, 5.41) is -0.561. The summed E-state index contributed by atoms with van der Waals surface area (Å²) in [5.41, 5.74) is 0. The van der Waals surface area contributed by atoms with E-state index in [2.05, 4.69) is 6.92 Å². The molecule has 0 atom stereocenters. The third kappa shape index (κ3) is 3.63. The van der Waals surface area contributed by atoms with Crippen molar-refractivity contribution < 1.29 is 14.3 Å². The van der Waals surface area contributed by atoms with Crippen LogP contribution in [0.5, 0.6) is 0 Å². The van der Waals surface area contributed by atoms with Crippen LogP contribution < -0.4 is 0 Å². The molecule has 1 fully saturated rings. The molecule has 0 spiro atoms. The van der Waals surface area contributed by atoms with Crippen molar-refractivity contribution in [2.24, 2.45) is 5.92 Å². The Balaban J connectivity index is 2.18. The average molecular weight is 207 g/mol. The van der Waals surface area contributed by atoms with Gasteiger partial charge in [0.2, 0.25) is 6.29 Å². The first-order chi connectivity index (χ1) is 6.24. The zero-order valence-corrected chi connectivity index (χ0v) is 8.55. The highest BCUT2D eigenvalue weighted by Gasteiger charge is 2.25. The van der Waals surface area contributed by atoms with E-state index in [1.807, 2.05) is 0 Å². The fourth-order valence-electron chi connectivity index (χ4n) is 1.33. The Morgan fingerprint density at radius 2 is 2.08 bits per heavy atom.